The Bertz CT molecular complexity index is 337. The van der Waals surface area contributed by atoms with Gasteiger partial charge in [0.1, 0.15) is 0 Å². The highest BCUT2D eigenvalue weighted by Gasteiger charge is 2.11. The van der Waals surface area contributed by atoms with Crippen LogP contribution in [0.1, 0.15) is 12.0 Å². The predicted molar refractivity (Wildman–Crippen MR) is 49.0 cm³/mol. The number of nitrogens with two attached hydrogens (primary N) is 1. The summed E-state index contributed by atoms with van der Waals surface area (Å²) in [4.78, 5) is 0. The van der Waals surface area contributed by atoms with Crippen molar-refractivity contribution in [2.75, 3.05) is 6.54 Å². The van der Waals surface area contributed by atoms with Gasteiger partial charge in [-0.15, -0.1) is 0 Å². The molecule has 0 aromatic heterocycles. The zero-order chi connectivity index (χ0) is 10.7. The lowest BCUT2D eigenvalue weighted by atomic mass is 10.0. The van der Waals surface area contributed by atoms with E-state index in [2.05, 4.69) is 6.58 Å². The molecule has 0 aliphatic heterocycles. The van der Waals surface area contributed by atoms with Crippen LogP contribution < -0.4 is 5.73 Å². The van der Waals surface area contributed by atoms with E-state index in [4.69, 9.17) is 5.73 Å². The summed E-state index contributed by atoms with van der Waals surface area (Å²) < 4.78 is 38.1. The Labute approximate surface area is 80.0 Å². The van der Waals surface area contributed by atoms with Crippen molar-refractivity contribution in [2.45, 2.75) is 6.42 Å². The Morgan fingerprint density at radius 3 is 2.14 bits per heavy atom. The molecule has 0 aliphatic rings. The van der Waals surface area contributed by atoms with Gasteiger partial charge < -0.3 is 5.73 Å². The van der Waals surface area contributed by atoms with E-state index in [1.165, 1.54) is 0 Å². The average Bonchev–Trinajstić information content (AvgIpc) is 2.13. The Kier molecular flexibility index (Phi) is 3.30. The maximum absolute atomic E-state index is 12.8. The van der Waals surface area contributed by atoms with Gasteiger partial charge in [0, 0.05) is 0 Å². The first-order valence-electron chi connectivity index (χ1n) is 4.09. The van der Waals surface area contributed by atoms with Gasteiger partial charge in [0.15, 0.2) is 17.5 Å². The lowest BCUT2D eigenvalue weighted by Crippen LogP contribution is -2.01. The second kappa shape index (κ2) is 4.28. The molecule has 2 N–H and O–H groups in total. The number of hydrogen-bond acceptors (Lipinski definition) is 1. The molecule has 1 rings (SSSR count). The van der Waals surface area contributed by atoms with Crippen LogP contribution in [0.25, 0.3) is 5.57 Å². The standard InChI is InChI=1S/C10H10F3N/c1-6(2-3-14)7-4-8(11)10(13)9(12)5-7/h4-5H,1-3,14H2. The van der Waals surface area contributed by atoms with Gasteiger partial charge in [0.05, 0.1) is 0 Å². The Morgan fingerprint density at radius 2 is 1.71 bits per heavy atom. The van der Waals surface area contributed by atoms with Crippen molar-refractivity contribution >= 4 is 5.57 Å². The van der Waals surface area contributed by atoms with Crippen LogP contribution in [0.3, 0.4) is 0 Å². The zero-order valence-electron chi connectivity index (χ0n) is 7.49. The maximum atomic E-state index is 12.8. The molecule has 0 spiro atoms. The molecule has 0 heterocycles. The second-order valence-electron chi connectivity index (χ2n) is 2.90. The van der Waals surface area contributed by atoms with Crippen molar-refractivity contribution in [3.05, 3.63) is 41.7 Å². The third-order valence-electron chi connectivity index (χ3n) is 1.84. The smallest absolute Gasteiger partial charge is 0.194 e. The molecule has 0 saturated carbocycles. The van der Waals surface area contributed by atoms with Crippen molar-refractivity contribution in [2.24, 2.45) is 5.73 Å². The number of benzene rings is 1. The van der Waals surface area contributed by atoms with E-state index in [0.717, 1.165) is 12.1 Å². The molecule has 1 aromatic carbocycles. The quantitative estimate of drug-likeness (QED) is 0.747. The molecule has 0 radical (unpaired) electrons. The summed E-state index contributed by atoms with van der Waals surface area (Å²) in [5.41, 5.74) is 5.98. The third-order valence-corrected chi connectivity index (χ3v) is 1.84. The van der Waals surface area contributed by atoms with Gasteiger partial charge in [0.25, 0.3) is 0 Å². The number of rotatable bonds is 3. The average molecular weight is 201 g/mol. The number of halogens is 3. The molecule has 0 bridgehead atoms. The van der Waals surface area contributed by atoms with Gasteiger partial charge >= 0.3 is 0 Å². The van der Waals surface area contributed by atoms with Gasteiger partial charge in [-0.1, -0.05) is 6.58 Å². The molecule has 0 amide bonds. The Balaban J connectivity index is 3.06. The van der Waals surface area contributed by atoms with Crippen LogP contribution in [-0.2, 0) is 0 Å². The molecule has 0 unspecified atom stereocenters. The van der Waals surface area contributed by atoms with Crippen LogP contribution in [0.4, 0.5) is 13.2 Å². The van der Waals surface area contributed by atoms with Gasteiger partial charge in [-0.3, -0.25) is 0 Å². The lowest BCUT2D eigenvalue weighted by Gasteiger charge is -2.05. The molecular formula is C10H10F3N. The SMILES string of the molecule is C=C(CCN)c1cc(F)c(F)c(F)c1. The molecule has 0 aliphatic carbocycles. The summed E-state index contributed by atoms with van der Waals surface area (Å²) in [5, 5.41) is 0. The minimum absolute atomic E-state index is 0.242. The van der Waals surface area contributed by atoms with E-state index < -0.39 is 17.5 Å². The highest BCUT2D eigenvalue weighted by molar-refractivity contribution is 5.63. The van der Waals surface area contributed by atoms with E-state index >= 15 is 0 Å². The van der Waals surface area contributed by atoms with Gasteiger partial charge in [-0.25, -0.2) is 13.2 Å². The van der Waals surface area contributed by atoms with Crippen molar-refractivity contribution in [1.82, 2.24) is 0 Å². The summed E-state index contributed by atoms with van der Waals surface area (Å²) in [6.45, 7) is 3.92. The van der Waals surface area contributed by atoms with E-state index in [0.29, 0.717) is 18.5 Å². The molecule has 76 valence electrons. The van der Waals surface area contributed by atoms with Crippen molar-refractivity contribution < 1.29 is 13.2 Å². The van der Waals surface area contributed by atoms with Crippen LogP contribution in [0.2, 0.25) is 0 Å². The fourth-order valence-electron chi connectivity index (χ4n) is 1.08. The van der Waals surface area contributed by atoms with Crippen LogP contribution in [-0.4, -0.2) is 6.54 Å². The van der Waals surface area contributed by atoms with Gasteiger partial charge in [-0.2, -0.15) is 0 Å². The monoisotopic (exact) mass is 201 g/mol. The predicted octanol–water partition coefficient (Wildman–Crippen LogP) is 2.47. The fourth-order valence-corrected chi connectivity index (χ4v) is 1.08. The van der Waals surface area contributed by atoms with Crippen LogP contribution in [0.5, 0.6) is 0 Å². The minimum atomic E-state index is -1.46. The third kappa shape index (κ3) is 2.14. The molecular weight excluding hydrogens is 191 g/mol. The Hall–Kier alpha value is -1.29. The Morgan fingerprint density at radius 1 is 1.21 bits per heavy atom. The zero-order valence-corrected chi connectivity index (χ0v) is 7.49. The van der Waals surface area contributed by atoms with Crippen LogP contribution >= 0.6 is 0 Å². The fraction of sp³-hybridized carbons (Fsp3) is 0.200. The van der Waals surface area contributed by atoms with Crippen molar-refractivity contribution in [1.29, 1.82) is 0 Å². The first-order valence-corrected chi connectivity index (χ1v) is 4.09. The molecule has 0 atom stereocenters. The summed E-state index contributed by atoms with van der Waals surface area (Å²) in [5.74, 6) is -3.88. The van der Waals surface area contributed by atoms with E-state index in [-0.39, 0.29) is 5.56 Å². The molecule has 1 aromatic rings. The topological polar surface area (TPSA) is 26.0 Å². The van der Waals surface area contributed by atoms with Crippen LogP contribution in [0, 0.1) is 17.5 Å². The summed E-state index contributed by atoms with van der Waals surface area (Å²) >= 11 is 0. The second-order valence-corrected chi connectivity index (χ2v) is 2.90. The van der Waals surface area contributed by atoms with Gasteiger partial charge in [-0.05, 0) is 36.2 Å². The first kappa shape index (κ1) is 10.8. The van der Waals surface area contributed by atoms with Crippen molar-refractivity contribution in [3.8, 4) is 0 Å². The highest BCUT2D eigenvalue weighted by Crippen LogP contribution is 2.20. The lowest BCUT2D eigenvalue weighted by molar-refractivity contribution is 0.446. The van der Waals surface area contributed by atoms with Gasteiger partial charge in [0.2, 0.25) is 0 Å². The molecule has 0 fully saturated rings. The normalized spacial score (nSPS) is 10.3. The van der Waals surface area contributed by atoms with E-state index in [9.17, 15) is 13.2 Å². The highest BCUT2D eigenvalue weighted by atomic mass is 19.2. The summed E-state index contributed by atoms with van der Waals surface area (Å²) in [6.07, 6.45) is 0.421. The van der Waals surface area contributed by atoms with E-state index in [1.807, 2.05) is 0 Å². The van der Waals surface area contributed by atoms with E-state index in [1.54, 1.807) is 0 Å². The van der Waals surface area contributed by atoms with Crippen LogP contribution in [0.15, 0.2) is 18.7 Å². The minimum Gasteiger partial charge on any atom is -0.330 e. The number of hydrogen-bond donors (Lipinski definition) is 1. The first-order chi connectivity index (χ1) is 6.56. The largest absolute Gasteiger partial charge is 0.330 e. The summed E-state index contributed by atoms with van der Waals surface area (Å²) in [7, 11) is 0. The molecule has 4 heteroatoms. The summed E-state index contributed by atoms with van der Waals surface area (Å²) in [6, 6.07) is 1.83. The maximum Gasteiger partial charge on any atom is 0.194 e. The molecule has 1 nitrogen and oxygen atoms in total. The van der Waals surface area contributed by atoms with Crippen molar-refractivity contribution in [3.63, 3.8) is 0 Å². The molecule has 0 saturated heterocycles. The molecule has 14 heavy (non-hydrogen) atoms.